The van der Waals surface area contributed by atoms with Crippen LogP contribution in [0.25, 0.3) is 0 Å². The van der Waals surface area contributed by atoms with Gasteiger partial charge in [-0.15, -0.1) is 0 Å². The van der Waals surface area contributed by atoms with Crippen molar-refractivity contribution in [3.05, 3.63) is 29.8 Å². The van der Waals surface area contributed by atoms with Gasteiger partial charge in [-0.05, 0) is 19.1 Å². The van der Waals surface area contributed by atoms with Crippen molar-refractivity contribution in [3.8, 4) is 0 Å². The Bertz CT molecular complexity index is 473. The van der Waals surface area contributed by atoms with E-state index >= 15 is 0 Å². The number of esters is 1. The first kappa shape index (κ1) is 14.7. The number of halogens is 2. The van der Waals surface area contributed by atoms with Crippen LogP contribution in [0.2, 0.25) is 0 Å². The molecule has 6 heteroatoms. The minimum absolute atomic E-state index is 0.0718. The van der Waals surface area contributed by atoms with Crippen LogP contribution in [0.4, 0.5) is 14.5 Å². The lowest BCUT2D eigenvalue weighted by atomic mass is 10.1. The molecule has 1 heterocycles. The standard InChI is InChI=1S/C14H17F2NO3/c1-2-20-13(18)14(15,16)11-4-3-5-12(10-11)17-6-8-19-9-7-17/h3-5,10H,2,6-9H2,1H3. The highest BCUT2D eigenvalue weighted by atomic mass is 19.3. The monoisotopic (exact) mass is 285 g/mol. The number of alkyl halides is 2. The first-order chi connectivity index (χ1) is 9.55. The molecular formula is C14H17F2NO3. The van der Waals surface area contributed by atoms with Gasteiger partial charge in [-0.25, -0.2) is 4.79 Å². The zero-order valence-corrected chi connectivity index (χ0v) is 11.3. The van der Waals surface area contributed by atoms with Crippen molar-refractivity contribution >= 4 is 11.7 Å². The molecule has 0 unspecified atom stereocenters. The van der Waals surface area contributed by atoms with E-state index in [1.807, 2.05) is 4.90 Å². The summed E-state index contributed by atoms with van der Waals surface area (Å²) in [6.07, 6.45) is 0. The Balaban J connectivity index is 2.22. The number of carbonyl (C=O) groups excluding carboxylic acids is 1. The van der Waals surface area contributed by atoms with E-state index in [4.69, 9.17) is 4.74 Å². The number of nitrogens with zero attached hydrogens (tertiary/aromatic N) is 1. The summed E-state index contributed by atoms with van der Waals surface area (Å²) in [5.41, 5.74) is 0.315. The van der Waals surface area contributed by atoms with Crippen molar-refractivity contribution in [2.75, 3.05) is 37.8 Å². The second kappa shape index (κ2) is 6.17. The van der Waals surface area contributed by atoms with Crippen LogP contribution in [0.3, 0.4) is 0 Å². The van der Waals surface area contributed by atoms with Gasteiger partial charge in [-0.2, -0.15) is 8.78 Å². The molecule has 0 atom stereocenters. The summed E-state index contributed by atoms with van der Waals surface area (Å²) in [6, 6.07) is 5.84. The van der Waals surface area contributed by atoms with Gasteiger partial charge in [0.1, 0.15) is 0 Å². The Labute approximate surface area is 116 Å². The number of hydrogen-bond acceptors (Lipinski definition) is 4. The zero-order chi connectivity index (χ0) is 14.6. The van der Waals surface area contributed by atoms with E-state index in [9.17, 15) is 13.6 Å². The molecule has 20 heavy (non-hydrogen) atoms. The minimum Gasteiger partial charge on any atom is -0.461 e. The summed E-state index contributed by atoms with van der Waals surface area (Å²) >= 11 is 0. The fourth-order valence-corrected chi connectivity index (χ4v) is 2.06. The van der Waals surface area contributed by atoms with E-state index in [0.29, 0.717) is 32.0 Å². The van der Waals surface area contributed by atoms with Crippen molar-refractivity contribution < 1.29 is 23.0 Å². The molecule has 110 valence electrons. The summed E-state index contributed by atoms with van der Waals surface area (Å²) in [5.74, 6) is -5.14. The third-order valence-electron chi connectivity index (χ3n) is 3.12. The van der Waals surface area contributed by atoms with E-state index in [-0.39, 0.29) is 12.2 Å². The third kappa shape index (κ3) is 3.07. The van der Waals surface area contributed by atoms with Crippen molar-refractivity contribution in [2.45, 2.75) is 12.8 Å². The molecule has 1 aliphatic heterocycles. The quantitative estimate of drug-likeness (QED) is 0.795. The molecule has 0 aromatic heterocycles. The molecule has 2 rings (SSSR count). The highest BCUT2D eigenvalue weighted by Gasteiger charge is 2.42. The zero-order valence-electron chi connectivity index (χ0n) is 11.3. The Morgan fingerprint density at radius 2 is 2.10 bits per heavy atom. The lowest BCUT2D eigenvalue weighted by Gasteiger charge is -2.29. The van der Waals surface area contributed by atoms with Crippen LogP contribution in [0, 0.1) is 0 Å². The highest BCUT2D eigenvalue weighted by Crippen LogP contribution is 2.32. The van der Waals surface area contributed by atoms with E-state index < -0.39 is 11.9 Å². The Morgan fingerprint density at radius 3 is 2.75 bits per heavy atom. The Morgan fingerprint density at radius 1 is 1.40 bits per heavy atom. The number of hydrogen-bond donors (Lipinski definition) is 0. The Kier molecular flexibility index (Phi) is 4.54. The second-order valence-electron chi connectivity index (χ2n) is 4.44. The van der Waals surface area contributed by atoms with Gasteiger partial charge >= 0.3 is 11.9 Å². The molecule has 0 spiro atoms. The third-order valence-corrected chi connectivity index (χ3v) is 3.12. The molecular weight excluding hydrogens is 268 g/mol. The molecule has 1 aromatic carbocycles. The first-order valence-electron chi connectivity index (χ1n) is 6.54. The molecule has 0 bridgehead atoms. The Hall–Kier alpha value is -1.69. The molecule has 0 N–H and O–H groups in total. The average molecular weight is 285 g/mol. The molecule has 0 aliphatic carbocycles. The van der Waals surface area contributed by atoms with Crippen molar-refractivity contribution in [1.82, 2.24) is 0 Å². The van der Waals surface area contributed by atoms with Gasteiger partial charge in [0.2, 0.25) is 0 Å². The van der Waals surface area contributed by atoms with E-state index in [0.717, 1.165) is 0 Å². The summed E-state index contributed by atoms with van der Waals surface area (Å²) in [6.45, 7) is 3.86. The molecule has 4 nitrogen and oxygen atoms in total. The number of ether oxygens (including phenoxy) is 2. The van der Waals surface area contributed by atoms with Crippen LogP contribution < -0.4 is 4.90 Å². The number of rotatable bonds is 4. The maximum absolute atomic E-state index is 14.0. The number of carbonyl (C=O) groups is 1. The van der Waals surface area contributed by atoms with Gasteiger partial charge in [0, 0.05) is 24.3 Å². The van der Waals surface area contributed by atoms with Crippen molar-refractivity contribution in [3.63, 3.8) is 0 Å². The average Bonchev–Trinajstić information content (AvgIpc) is 2.48. The SMILES string of the molecule is CCOC(=O)C(F)(F)c1cccc(N2CCOCC2)c1. The predicted octanol–water partition coefficient (Wildman–Crippen LogP) is 2.18. The van der Waals surface area contributed by atoms with Crippen molar-refractivity contribution in [2.24, 2.45) is 0 Å². The van der Waals surface area contributed by atoms with Crippen LogP contribution in [0.5, 0.6) is 0 Å². The summed E-state index contributed by atoms with van der Waals surface area (Å²) in [4.78, 5) is 13.3. The van der Waals surface area contributed by atoms with Crippen molar-refractivity contribution in [1.29, 1.82) is 0 Å². The van der Waals surface area contributed by atoms with Crippen LogP contribution in [-0.2, 0) is 20.2 Å². The maximum Gasteiger partial charge on any atom is 0.381 e. The number of morpholine rings is 1. The lowest BCUT2D eigenvalue weighted by Crippen LogP contribution is -2.36. The highest BCUT2D eigenvalue weighted by molar-refractivity contribution is 5.79. The van der Waals surface area contributed by atoms with Gasteiger partial charge in [-0.1, -0.05) is 12.1 Å². The molecule has 1 aliphatic rings. The van der Waals surface area contributed by atoms with Crippen LogP contribution in [0.15, 0.2) is 24.3 Å². The largest absolute Gasteiger partial charge is 0.461 e. The number of anilines is 1. The molecule has 0 amide bonds. The van der Waals surface area contributed by atoms with Gasteiger partial charge < -0.3 is 14.4 Å². The fourth-order valence-electron chi connectivity index (χ4n) is 2.06. The number of benzene rings is 1. The van der Waals surface area contributed by atoms with E-state index in [1.165, 1.54) is 25.1 Å². The van der Waals surface area contributed by atoms with Crippen LogP contribution >= 0.6 is 0 Å². The normalized spacial score (nSPS) is 16.1. The van der Waals surface area contributed by atoms with Crippen LogP contribution in [0.1, 0.15) is 12.5 Å². The lowest BCUT2D eigenvalue weighted by molar-refractivity contribution is -0.173. The van der Waals surface area contributed by atoms with Gasteiger partial charge in [-0.3, -0.25) is 0 Å². The van der Waals surface area contributed by atoms with Crippen LogP contribution in [-0.4, -0.2) is 38.9 Å². The topological polar surface area (TPSA) is 38.8 Å². The van der Waals surface area contributed by atoms with E-state index in [2.05, 4.69) is 4.74 Å². The van der Waals surface area contributed by atoms with E-state index in [1.54, 1.807) is 6.07 Å². The predicted molar refractivity (Wildman–Crippen MR) is 70.0 cm³/mol. The van der Waals surface area contributed by atoms with Gasteiger partial charge in [0.25, 0.3) is 0 Å². The molecule has 1 saturated heterocycles. The first-order valence-corrected chi connectivity index (χ1v) is 6.54. The molecule has 1 fully saturated rings. The summed E-state index contributed by atoms with van der Waals surface area (Å²) < 4.78 is 37.6. The second-order valence-corrected chi connectivity index (χ2v) is 4.44. The maximum atomic E-state index is 14.0. The molecule has 0 radical (unpaired) electrons. The summed E-state index contributed by atoms with van der Waals surface area (Å²) in [5, 5.41) is 0. The fraction of sp³-hybridized carbons (Fsp3) is 0.500. The molecule has 1 aromatic rings. The minimum atomic E-state index is -3.63. The smallest absolute Gasteiger partial charge is 0.381 e. The summed E-state index contributed by atoms with van der Waals surface area (Å²) in [7, 11) is 0. The molecule has 0 saturated carbocycles. The van der Waals surface area contributed by atoms with Gasteiger partial charge in [0.05, 0.1) is 19.8 Å². The van der Waals surface area contributed by atoms with Gasteiger partial charge in [0.15, 0.2) is 0 Å².